The van der Waals surface area contributed by atoms with Gasteiger partial charge >= 0.3 is 5.97 Å². The molecule has 0 aromatic carbocycles. The molecule has 1 aliphatic rings. The molecule has 0 aliphatic heterocycles. The van der Waals surface area contributed by atoms with Crippen molar-refractivity contribution >= 4 is 11.8 Å². The van der Waals surface area contributed by atoms with Gasteiger partial charge in [0.2, 0.25) is 5.78 Å². The van der Waals surface area contributed by atoms with Crippen molar-refractivity contribution < 1.29 is 14.3 Å². The Balaban J connectivity index is 2.50. The molecule has 1 aromatic heterocycles. The SMILES string of the molecule is CCOC(=O)c1nn(CC(C)N(C)C)c2c1CC/C(=C/N(C)C)C2=O. The van der Waals surface area contributed by atoms with E-state index < -0.39 is 5.97 Å². The first kappa shape index (κ1) is 19.2. The number of allylic oxidation sites excluding steroid dienone is 1. The predicted octanol–water partition coefficient (Wildman–Crippen LogP) is 1.58. The first-order valence-electron chi connectivity index (χ1n) is 8.61. The lowest BCUT2D eigenvalue weighted by atomic mass is 9.90. The van der Waals surface area contributed by atoms with Crippen LogP contribution in [0.4, 0.5) is 0 Å². The third kappa shape index (κ3) is 4.10. The van der Waals surface area contributed by atoms with Gasteiger partial charge in [0.25, 0.3) is 0 Å². The van der Waals surface area contributed by atoms with Crippen LogP contribution in [0.1, 0.15) is 46.8 Å². The first-order chi connectivity index (χ1) is 11.8. The summed E-state index contributed by atoms with van der Waals surface area (Å²) < 4.78 is 6.80. The van der Waals surface area contributed by atoms with Crippen LogP contribution in [-0.4, -0.2) is 72.2 Å². The number of nitrogens with zero attached hydrogens (tertiary/aromatic N) is 4. The van der Waals surface area contributed by atoms with E-state index in [1.807, 2.05) is 39.3 Å². The van der Waals surface area contributed by atoms with E-state index in [9.17, 15) is 9.59 Å². The van der Waals surface area contributed by atoms with Gasteiger partial charge in [-0.2, -0.15) is 5.10 Å². The highest BCUT2D eigenvalue weighted by atomic mass is 16.5. The highest BCUT2D eigenvalue weighted by Gasteiger charge is 2.33. The van der Waals surface area contributed by atoms with E-state index in [4.69, 9.17) is 4.74 Å². The van der Waals surface area contributed by atoms with Gasteiger partial charge in [-0.1, -0.05) is 0 Å². The molecule has 0 amide bonds. The fraction of sp³-hybridized carbons (Fsp3) is 0.611. The molecule has 0 radical (unpaired) electrons. The van der Waals surface area contributed by atoms with Gasteiger partial charge in [-0.05, 0) is 40.8 Å². The van der Waals surface area contributed by atoms with E-state index in [1.165, 1.54) is 0 Å². The minimum atomic E-state index is -0.456. The number of rotatable bonds is 6. The highest BCUT2D eigenvalue weighted by Crippen LogP contribution is 2.29. The van der Waals surface area contributed by atoms with Gasteiger partial charge in [0.1, 0.15) is 5.69 Å². The molecule has 2 rings (SSSR count). The quantitative estimate of drug-likeness (QED) is 0.574. The summed E-state index contributed by atoms with van der Waals surface area (Å²) in [5.41, 5.74) is 2.26. The number of carbonyl (C=O) groups excluding carboxylic acids is 2. The Bertz CT molecular complexity index is 689. The Morgan fingerprint density at radius 1 is 1.32 bits per heavy atom. The van der Waals surface area contributed by atoms with E-state index in [0.29, 0.717) is 30.6 Å². The molecule has 0 saturated carbocycles. The molecule has 7 heteroatoms. The normalized spacial score (nSPS) is 16.9. The first-order valence-corrected chi connectivity index (χ1v) is 8.61. The Labute approximate surface area is 149 Å². The maximum Gasteiger partial charge on any atom is 0.359 e. The molecule has 0 spiro atoms. The average Bonchev–Trinajstić information content (AvgIpc) is 2.89. The van der Waals surface area contributed by atoms with Crippen molar-refractivity contribution in [3.8, 4) is 0 Å². The number of ether oxygens (including phenoxy) is 1. The van der Waals surface area contributed by atoms with Gasteiger partial charge in [-0.3, -0.25) is 9.48 Å². The zero-order chi connectivity index (χ0) is 18.7. The molecule has 7 nitrogen and oxygen atoms in total. The van der Waals surface area contributed by atoms with Crippen molar-refractivity contribution in [2.75, 3.05) is 34.8 Å². The van der Waals surface area contributed by atoms with Crippen molar-refractivity contribution in [2.45, 2.75) is 39.3 Å². The fourth-order valence-electron chi connectivity index (χ4n) is 2.86. The van der Waals surface area contributed by atoms with Gasteiger partial charge < -0.3 is 14.5 Å². The lowest BCUT2D eigenvalue weighted by Crippen LogP contribution is -2.31. The molecular formula is C18H28N4O3. The second-order valence-corrected chi connectivity index (χ2v) is 6.84. The summed E-state index contributed by atoms with van der Waals surface area (Å²) in [6.45, 7) is 4.64. The summed E-state index contributed by atoms with van der Waals surface area (Å²) in [5, 5.41) is 4.45. The monoisotopic (exact) mass is 348 g/mol. The summed E-state index contributed by atoms with van der Waals surface area (Å²) in [7, 11) is 7.74. The number of hydrogen-bond acceptors (Lipinski definition) is 6. The molecular weight excluding hydrogens is 320 g/mol. The van der Waals surface area contributed by atoms with Gasteiger partial charge in [0, 0.05) is 37.5 Å². The standard InChI is InChI=1S/C18H28N4O3/c1-7-25-18(24)15-14-9-8-13(11-20(3)4)17(23)16(14)22(19-15)10-12(2)21(5)6/h11-12H,7-10H2,1-6H3/b13-11-. The Kier molecular flexibility index (Phi) is 6.00. The third-order valence-electron chi connectivity index (χ3n) is 4.40. The van der Waals surface area contributed by atoms with Crippen molar-refractivity contribution in [1.29, 1.82) is 0 Å². The Hall–Kier alpha value is -2.15. The van der Waals surface area contributed by atoms with Crippen molar-refractivity contribution in [3.63, 3.8) is 0 Å². The lowest BCUT2D eigenvalue weighted by Gasteiger charge is -2.22. The zero-order valence-electron chi connectivity index (χ0n) is 16.0. The summed E-state index contributed by atoms with van der Waals surface area (Å²) in [6, 6.07) is 0.176. The van der Waals surface area contributed by atoms with E-state index in [1.54, 1.807) is 11.6 Å². The maximum absolute atomic E-state index is 13.0. The van der Waals surface area contributed by atoms with Crippen LogP contribution in [0.3, 0.4) is 0 Å². The summed E-state index contributed by atoms with van der Waals surface area (Å²) in [4.78, 5) is 29.2. The zero-order valence-corrected chi connectivity index (χ0v) is 16.0. The van der Waals surface area contributed by atoms with Crippen molar-refractivity contribution in [1.82, 2.24) is 19.6 Å². The van der Waals surface area contributed by atoms with Crippen molar-refractivity contribution in [2.24, 2.45) is 0 Å². The minimum absolute atomic E-state index is 0.0519. The van der Waals surface area contributed by atoms with Crippen LogP contribution in [0.5, 0.6) is 0 Å². The average molecular weight is 348 g/mol. The Morgan fingerprint density at radius 2 is 2.00 bits per heavy atom. The van der Waals surface area contributed by atoms with E-state index >= 15 is 0 Å². The van der Waals surface area contributed by atoms with Crippen LogP contribution in [0.2, 0.25) is 0 Å². The maximum atomic E-state index is 13.0. The van der Waals surface area contributed by atoms with Crippen LogP contribution in [0, 0.1) is 0 Å². The molecule has 0 N–H and O–H groups in total. The molecule has 0 saturated heterocycles. The highest BCUT2D eigenvalue weighted by molar-refractivity contribution is 6.11. The van der Waals surface area contributed by atoms with Gasteiger partial charge in [-0.25, -0.2) is 4.79 Å². The van der Waals surface area contributed by atoms with E-state index in [0.717, 1.165) is 5.57 Å². The summed E-state index contributed by atoms with van der Waals surface area (Å²) >= 11 is 0. The second kappa shape index (κ2) is 7.82. The van der Waals surface area contributed by atoms with Crippen LogP contribution < -0.4 is 0 Å². The molecule has 1 aliphatic carbocycles. The van der Waals surface area contributed by atoms with Crippen LogP contribution in [-0.2, 0) is 17.7 Å². The van der Waals surface area contributed by atoms with E-state index in [-0.39, 0.29) is 24.1 Å². The summed E-state index contributed by atoms with van der Waals surface area (Å²) in [6.07, 6.45) is 3.07. The van der Waals surface area contributed by atoms with Crippen LogP contribution in [0.15, 0.2) is 11.8 Å². The lowest BCUT2D eigenvalue weighted by molar-refractivity contribution is 0.0517. The minimum Gasteiger partial charge on any atom is -0.461 e. The molecule has 0 fully saturated rings. The van der Waals surface area contributed by atoms with Crippen molar-refractivity contribution in [3.05, 3.63) is 28.7 Å². The van der Waals surface area contributed by atoms with Gasteiger partial charge in [0.05, 0.1) is 13.2 Å². The van der Waals surface area contributed by atoms with E-state index in [2.05, 4.69) is 16.9 Å². The number of esters is 1. The number of fused-ring (bicyclic) bond motifs is 1. The smallest absolute Gasteiger partial charge is 0.359 e. The largest absolute Gasteiger partial charge is 0.461 e. The molecule has 1 aromatic rings. The number of Topliss-reactive ketones (excluding diaryl/α,β-unsaturated/α-hetero) is 1. The topological polar surface area (TPSA) is 67.7 Å². The number of hydrogen-bond donors (Lipinski definition) is 0. The second-order valence-electron chi connectivity index (χ2n) is 6.84. The van der Waals surface area contributed by atoms with Gasteiger partial charge in [-0.15, -0.1) is 0 Å². The summed E-state index contributed by atoms with van der Waals surface area (Å²) in [5.74, 6) is -0.508. The van der Waals surface area contributed by atoms with Gasteiger partial charge in [0.15, 0.2) is 5.69 Å². The molecule has 25 heavy (non-hydrogen) atoms. The molecule has 1 heterocycles. The number of aromatic nitrogens is 2. The number of likely N-dealkylation sites (N-methyl/N-ethyl adjacent to an activating group) is 1. The molecule has 1 atom stereocenters. The molecule has 1 unspecified atom stereocenters. The predicted molar refractivity (Wildman–Crippen MR) is 95.8 cm³/mol. The van der Waals surface area contributed by atoms with Crippen LogP contribution >= 0.6 is 0 Å². The number of carbonyl (C=O) groups is 2. The number of ketones is 1. The van der Waals surface area contributed by atoms with Crippen LogP contribution in [0.25, 0.3) is 0 Å². The third-order valence-corrected chi connectivity index (χ3v) is 4.40. The molecule has 138 valence electrons. The molecule has 0 bridgehead atoms. The Morgan fingerprint density at radius 3 is 2.56 bits per heavy atom. The fourth-order valence-corrected chi connectivity index (χ4v) is 2.86.